The Kier molecular flexibility index (Phi) is 7.09. The molecule has 1 aromatic heterocycles. The normalized spacial score (nSPS) is 11.3. The summed E-state index contributed by atoms with van der Waals surface area (Å²) in [5.41, 5.74) is 1.99. The van der Waals surface area contributed by atoms with Crippen LogP contribution in [0.3, 0.4) is 0 Å². The van der Waals surface area contributed by atoms with Crippen molar-refractivity contribution in [3.8, 4) is 17.0 Å². The maximum absolute atomic E-state index is 10.7. The molecule has 1 heterocycles. The lowest BCUT2D eigenvalue weighted by Gasteiger charge is -2.16. The monoisotopic (exact) mass is 356 g/mol. The molecule has 0 aliphatic rings. The number of hydrogen-bond acceptors (Lipinski definition) is 5. The van der Waals surface area contributed by atoms with Gasteiger partial charge in [-0.1, -0.05) is 20.8 Å². The van der Waals surface area contributed by atoms with Crippen molar-refractivity contribution in [2.75, 3.05) is 13.2 Å². The van der Waals surface area contributed by atoms with Gasteiger partial charge in [-0.2, -0.15) is 0 Å². The van der Waals surface area contributed by atoms with E-state index in [9.17, 15) is 10.1 Å². The van der Waals surface area contributed by atoms with Crippen molar-refractivity contribution in [1.82, 2.24) is 4.98 Å². The zero-order chi connectivity index (χ0) is 19.0. The number of aromatic nitrogens is 1. The second-order valence-electron chi connectivity index (χ2n) is 6.88. The molecule has 0 saturated carbocycles. The Hall–Kier alpha value is -2.47. The molecule has 0 aliphatic heterocycles. The van der Waals surface area contributed by atoms with E-state index in [1.807, 2.05) is 6.07 Å². The third-order valence-corrected chi connectivity index (χ3v) is 3.54. The van der Waals surface area contributed by atoms with Crippen LogP contribution in [0.15, 0.2) is 42.6 Å². The van der Waals surface area contributed by atoms with Gasteiger partial charge in [0.1, 0.15) is 6.61 Å². The number of benzene rings is 1. The highest BCUT2D eigenvalue weighted by Crippen LogP contribution is 2.23. The molecule has 138 valence electrons. The van der Waals surface area contributed by atoms with Crippen LogP contribution in [0.5, 0.6) is 5.88 Å². The Morgan fingerprint density at radius 2 is 1.77 bits per heavy atom. The Morgan fingerprint density at radius 3 is 2.35 bits per heavy atom. The molecule has 0 amide bonds. The van der Waals surface area contributed by atoms with Gasteiger partial charge in [-0.3, -0.25) is 10.1 Å². The highest BCUT2D eigenvalue weighted by molar-refractivity contribution is 5.64. The maximum Gasteiger partial charge on any atom is 0.269 e. The summed E-state index contributed by atoms with van der Waals surface area (Å²) in [7, 11) is 0. The third kappa shape index (κ3) is 6.80. The standard InChI is InChI=1S/C20H24N2O4/c1-20(2,3)11-4-12-25-13-14-26-19-10-7-17(15-21-19)16-5-8-18(9-6-16)22(23)24/h5-12,15H,4,13-14H2,1-3H3. The summed E-state index contributed by atoms with van der Waals surface area (Å²) in [4.78, 5) is 14.5. The second kappa shape index (κ2) is 9.29. The summed E-state index contributed by atoms with van der Waals surface area (Å²) in [6.07, 6.45) is 4.67. The molecule has 0 atom stereocenters. The van der Waals surface area contributed by atoms with Gasteiger partial charge in [0, 0.05) is 30.0 Å². The highest BCUT2D eigenvalue weighted by atomic mass is 16.6. The van der Waals surface area contributed by atoms with Gasteiger partial charge in [-0.25, -0.2) is 4.98 Å². The van der Waals surface area contributed by atoms with Crippen molar-refractivity contribution < 1.29 is 14.4 Å². The van der Waals surface area contributed by atoms with Gasteiger partial charge < -0.3 is 9.47 Å². The quantitative estimate of drug-likeness (QED) is 0.364. The number of non-ortho nitro benzene ring substituents is 1. The zero-order valence-electron chi connectivity index (χ0n) is 15.3. The van der Waals surface area contributed by atoms with Crippen LogP contribution >= 0.6 is 0 Å². The van der Waals surface area contributed by atoms with E-state index in [-0.39, 0.29) is 11.1 Å². The molecule has 26 heavy (non-hydrogen) atoms. The Balaban J connectivity index is 1.73. The number of pyridine rings is 1. The fourth-order valence-corrected chi connectivity index (χ4v) is 2.16. The van der Waals surface area contributed by atoms with Crippen molar-refractivity contribution >= 4 is 5.69 Å². The highest BCUT2D eigenvalue weighted by Gasteiger charge is 2.09. The van der Waals surface area contributed by atoms with Crippen LogP contribution < -0.4 is 4.74 Å². The fraction of sp³-hybridized carbons (Fsp3) is 0.350. The number of rotatable bonds is 9. The summed E-state index contributed by atoms with van der Waals surface area (Å²) in [5, 5.41) is 10.7. The average molecular weight is 356 g/mol. The first-order chi connectivity index (χ1) is 12.3. The summed E-state index contributed by atoms with van der Waals surface area (Å²) < 4.78 is 10.9. The number of hydrogen-bond donors (Lipinski definition) is 0. The number of nitro benzene ring substituents is 1. The van der Waals surface area contributed by atoms with Gasteiger partial charge in [0.15, 0.2) is 0 Å². The second-order valence-corrected chi connectivity index (χ2v) is 6.88. The van der Waals surface area contributed by atoms with E-state index in [0.717, 1.165) is 17.5 Å². The molecule has 6 nitrogen and oxygen atoms in total. The van der Waals surface area contributed by atoms with Crippen molar-refractivity contribution in [2.24, 2.45) is 5.41 Å². The molecule has 2 aromatic rings. The lowest BCUT2D eigenvalue weighted by atomic mass is 9.91. The van der Waals surface area contributed by atoms with Crippen LogP contribution in [0.2, 0.25) is 0 Å². The minimum Gasteiger partial charge on any atom is -0.475 e. The van der Waals surface area contributed by atoms with E-state index in [2.05, 4.69) is 32.2 Å². The molecule has 1 aromatic carbocycles. The largest absolute Gasteiger partial charge is 0.475 e. The van der Waals surface area contributed by atoms with E-state index in [1.54, 1.807) is 31.0 Å². The Morgan fingerprint density at radius 1 is 1.08 bits per heavy atom. The minimum atomic E-state index is -0.417. The van der Waals surface area contributed by atoms with E-state index < -0.39 is 4.92 Å². The van der Waals surface area contributed by atoms with Crippen LogP contribution in [0.1, 0.15) is 27.2 Å². The van der Waals surface area contributed by atoms with E-state index in [1.165, 1.54) is 12.1 Å². The first-order valence-electron chi connectivity index (χ1n) is 8.46. The molecule has 2 radical (unpaired) electrons. The van der Waals surface area contributed by atoms with Crippen molar-refractivity contribution in [3.05, 3.63) is 65.7 Å². The minimum absolute atomic E-state index is 0.0681. The lowest BCUT2D eigenvalue weighted by Crippen LogP contribution is -2.09. The number of nitro groups is 1. The molecular formula is C20H24N2O4. The van der Waals surface area contributed by atoms with Gasteiger partial charge >= 0.3 is 0 Å². The maximum atomic E-state index is 10.7. The summed E-state index contributed by atoms with van der Waals surface area (Å²) >= 11 is 0. The molecule has 6 heteroatoms. The summed E-state index contributed by atoms with van der Waals surface area (Å²) in [6, 6.07) is 10.00. The number of ether oxygens (including phenoxy) is 2. The first-order valence-corrected chi connectivity index (χ1v) is 8.46. The smallest absolute Gasteiger partial charge is 0.269 e. The molecule has 0 spiro atoms. The van der Waals surface area contributed by atoms with E-state index in [4.69, 9.17) is 9.47 Å². The molecule has 0 bridgehead atoms. The van der Waals surface area contributed by atoms with Gasteiger partial charge in [0.05, 0.1) is 18.1 Å². The van der Waals surface area contributed by atoms with E-state index in [0.29, 0.717) is 19.1 Å². The fourth-order valence-electron chi connectivity index (χ4n) is 2.16. The predicted molar refractivity (Wildman–Crippen MR) is 100 cm³/mol. The number of nitrogens with zero attached hydrogens (tertiary/aromatic N) is 2. The van der Waals surface area contributed by atoms with Gasteiger partial charge in [0.25, 0.3) is 5.69 Å². The van der Waals surface area contributed by atoms with Crippen LogP contribution in [-0.4, -0.2) is 23.1 Å². The van der Waals surface area contributed by atoms with Crippen LogP contribution in [0, 0.1) is 28.6 Å². The third-order valence-electron chi connectivity index (χ3n) is 3.54. The topological polar surface area (TPSA) is 74.5 Å². The predicted octanol–water partition coefficient (Wildman–Crippen LogP) is 4.85. The zero-order valence-corrected chi connectivity index (χ0v) is 15.3. The molecular weight excluding hydrogens is 332 g/mol. The van der Waals surface area contributed by atoms with Crippen molar-refractivity contribution in [3.63, 3.8) is 0 Å². The van der Waals surface area contributed by atoms with Gasteiger partial charge in [0.2, 0.25) is 5.88 Å². The van der Waals surface area contributed by atoms with Gasteiger partial charge in [-0.05, 0) is 42.0 Å². The summed E-state index contributed by atoms with van der Waals surface area (Å²) in [6.45, 7) is 9.10. The molecule has 2 rings (SSSR count). The average Bonchev–Trinajstić information content (AvgIpc) is 2.60. The molecule has 0 N–H and O–H groups in total. The van der Waals surface area contributed by atoms with Crippen molar-refractivity contribution in [2.45, 2.75) is 27.2 Å². The van der Waals surface area contributed by atoms with Crippen LogP contribution in [0.4, 0.5) is 5.69 Å². The Bertz CT molecular complexity index is 691. The van der Waals surface area contributed by atoms with Crippen LogP contribution in [0.25, 0.3) is 11.1 Å². The lowest BCUT2D eigenvalue weighted by molar-refractivity contribution is -0.384. The Labute approximate surface area is 154 Å². The van der Waals surface area contributed by atoms with Gasteiger partial charge in [-0.15, -0.1) is 0 Å². The van der Waals surface area contributed by atoms with Crippen molar-refractivity contribution in [1.29, 1.82) is 0 Å². The first kappa shape index (κ1) is 19.8. The molecule has 0 fully saturated rings. The molecule has 0 unspecified atom stereocenters. The molecule has 0 aliphatic carbocycles. The molecule has 0 saturated heterocycles. The SMILES string of the molecule is CC(C)(C)[CH]C[CH]OCCOc1ccc(-c2ccc([N+](=O)[O-])cc2)cn1. The van der Waals surface area contributed by atoms with E-state index >= 15 is 0 Å². The van der Waals surface area contributed by atoms with Crippen LogP contribution in [-0.2, 0) is 4.74 Å². The summed E-state index contributed by atoms with van der Waals surface area (Å²) in [5.74, 6) is 0.514.